The number of hydrogen-bond donors (Lipinski definition) is 1. The zero-order valence-electron chi connectivity index (χ0n) is 10.8. The van der Waals surface area contributed by atoms with Crippen LogP contribution in [0.15, 0.2) is 0 Å². The van der Waals surface area contributed by atoms with Gasteiger partial charge in [-0.25, -0.2) is 4.79 Å². The van der Waals surface area contributed by atoms with Crippen molar-refractivity contribution in [1.82, 2.24) is 10.2 Å². The molecule has 1 N–H and O–H groups in total. The Morgan fingerprint density at radius 2 is 1.82 bits per heavy atom. The van der Waals surface area contributed by atoms with Gasteiger partial charge < -0.3 is 10.2 Å². The van der Waals surface area contributed by atoms with Gasteiger partial charge >= 0.3 is 6.03 Å². The van der Waals surface area contributed by atoms with Gasteiger partial charge in [-0.2, -0.15) is 0 Å². The number of fused-ring (bicyclic) bond motifs is 1. The molecule has 1 saturated heterocycles. The number of nitrogens with one attached hydrogen (secondary N) is 1. The van der Waals surface area contributed by atoms with Crippen molar-refractivity contribution in [2.45, 2.75) is 63.5 Å². The molecule has 3 rings (SSSR count). The fraction of sp³-hybridized carbons (Fsp3) is 0.929. The summed E-state index contributed by atoms with van der Waals surface area (Å²) in [4.78, 5) is 13.6. The van der Waals surface area contributed by atoms with Crippen LogP contribution in [-0.2, 0) is 0 Å². The number of likely N-dealkylation sites (N-methyl/N-ethyl adjacent to an activating group) is 1. The smallest absolute Gasteiger partial charge is 0.317 e. The van der Waals surface area contributed by atoms with E-state index in [1.165, 1.54) is 51.4 Å². The molecule has 3 nitrogen and oxygen atoms in total. The summed E-state index contributed by atoms with van der Waals surface area (Å²) in [5.74, 6) is 1.83. The molecule has 3 fully saturated rings. The quantitative estimate of drug-likeness (QED) is 0.746. The molecule has 0 aromatic heterocycles. The number of urea groups is 1. The van der Waals surface area contributed by atoms with E-state index in [0.717, 1.165) is 11.8 Å². The molecule has 0 bridgehead atoms. The minimum Gasteiger partial charge on any atom is -0.333 e. The molecule has 1 heterocycles. The summed E-state index contributed by atoms with van der Waals surface area (Å²) >= 11 is 0. The number of hydrogen-bond acceptors (Lipinski definition) is 1. The van der Waals surface area contributed by atoms with Crippen molar-refractivity contribution in [1.29, 1.82) is 0 Å². The highest BCUT2D eigenvalue weighted by Crippen LogP contribution is 2.40. The second-order valence-electron chi connectivity index (χ2n) is 6.21. The Morgan fingerprint density at radius 3 is 2.59 bits per heavy atom. The fourth-order valence-electron chi connectivity index (χ4n) is 4.25. The summed E-state index contributed by atoms with van der Waals surface area (Å²) in [6, 6.07) is 1.06. The minimum atomic E-state index is 0.143. The molecular weight excluding hydrogens is 212 g/mol. The van der Waals surface area contributed by atoms with Gasteiger partial charge in [-0.15, -0.1) is 0 Å². The molecule has 0 aromatic rings. The summed E-state index contributed by atoms with van der Waals surface area (Å²) in [6.45, 7) is 0. The monoisotopic (exact) mass is 236 g/mol. The Morgan fingerprint density at radius 1 is 1.06 bits per heavy atom. The van der Waals surface area contributed by atoms with Gasteiger partial charge in [0.1, 0.15) is 0 Å². The maximum Gasteiger partial charge on any atom is 0.317 e. The molecule has 0 aromatic carbocycles. The van der Waals surface area contributed by atoms with E-state index >= 15 is 0 Å². The maximum absolute atomic E-state index is 11.6. The second kappa shape index (κ2) is 4.51. The molecule has 3 heteroatoms. The first-order chi connectivity index (χ1) is 8.25. The van der Waals surface area contributed by atoms with Crippen molar-refractivity contribution in [3.63, 3.8) is 0 Å². The topological polar surface area (TPSA) is 32.3 Å². The molecular formula is C14H24N2O. The van der Waals surface area contributed by atoms with Crippen LogP contribution in [0, 0.1) is 11.8 Å². The van der Waals surface area contributed by atoms with E-state index in [4.69, 9.17) is 0 Å². The number of nitrogens with zero attached hydrogens (tertiary/aromatic N) is 1. The average molecular weight is 236 g/mol. The number of carbonyl (C=O) groups is 1. The number of carbonyl (C=O) groups excluding carboxylic acids is 1. The van der Waals surface area contributed by atoms with E-state index in [1.807, 2.05) is 11.9 Å². The van der Waals surface area contributed by atoms with Crippen LogP contribution in [0.2, 0.25) is 0 Å². The van der Waals surface area contributed by atoms with Crippen molar-refractivity contribution in [3.8, 4) is 0 Å². The van der Waals surface area contributed by atoms with Crippen LogP contribution in [0.5, 0.6) is 0 Å². The Kier molecular flexibility index (Phi) is 3.01. The van der Waals surface area contributed by atoms with E-state index in [-0.39, 0.29) is 6.03 Å². The van der Waals surface area contributed by atoms with Crippen molar-refractivity contribution in [2.24, 2.45) is 11.8 Å². The third kappa shape index (κ3) is 2.04. The van der Waals surface area contributed by atoms with Gasteiger partial charge in [0.25, 0.3) is 0 Å². The summed E-state index contributed by atoms with van der Waals surface area (Å²) in [6.07, 6.45) is 11.0. The van der Waals surface area contributed by atoms with Gasteiger partial charge in [-0.3, -0.25) is 0 Å². The molecule has 3 unspecified atom stereocenters. The third-order valence-electron chi connectivity index (χ3n) is 5.30. The predicted molar refractivity (Wildman–Crippen MR) is 67.8 cm³/mol. The van der Waals surface area contributed by atoms with Gasteiger partial charge in [0, 0.05) is 7.05 Å². The normalized spacial score (nSPS) is 39.0. The van der Waals surface area contributed by atoms with Gasteiger partial charge in [-0.1, -0.05) is 32.1 Å². The molecule has 2 amide bonds. The lowest BCUT2D eigenvalue weighted by Crippen LogP contribution is -2.42. The molecule has 2 aliphatic carbocycles. The lowest BCUT2D eigenvalue weighted by Gasteiger charge is -2.38. The molecule has 0 spiro atoms. The summed E-state index contributed by atoms with van der Waals surface area (Å²) in [5, 5.41) is 3.16. The molecule has 96 valence electrons. The summed E-state index contributed by atoms with van der Waals surface area (Å²) in [7, 11) is 1.95. The maximum atomic E-state index is 11.6. The summed E-state index contributed by atoms with van der Waals surface area (Å²) < 4.78 is 0. The SMILES string of the molecule is CN1C(=O)NC2CC(C3CCCCC3)CCC21. The second-order valence-corrected chi connectivity index (χ2v) is 6.21. The Balaban J connectivity index is 1.62. The highest BCUT2D eigenvalue weighted by atomic mass is 16.2. The number of amides is 2. The summed E-state index contributed by atoms with van der Waals surface area (Å²) in [5.41, 5.74) is 0. The van der Waals surface area contributed by atoms with Crippen LogP contribution in [0.4, 0.5) is 4.79 Å². The first-order valence-corrected chi connectivity index (χ1v) is 7.29. The van der Waals surface area contributed by atoms with Crippen LogP contribution >= 0.6 is 0 Å². The van der Waals surface area contributed by atoms with Gasteiger partial charge in [-0.05, 0) is 31.1 Å². The minimum absolute atomic E-state index is 0.143. The zero-order chi connectivity index (χ0) is 11.8. The van der Waals surface area contributed by atoms with E-state index in [9.17, 15) is 4.79 Å². The molecule has 17 heavy (non-hydrogen) atoms. The van der Waals surface area contributed by atoms with Crippen molar-refractivity contribution < 1.29 is 4.79 Å². The highest BCUT2D eigenvalue weighted by molar-refractivity contribution is 5.77. The van der Waals surface area contributed by atoms with Crippen molar-refractivity contribution >= 4 is 6.03 Å². The molecule has 2 saturated carbocycles. The van der Waals surface area contributed by atoms with E-state index in [0.29, 0.717) is 12.1 Å². The average Bonchev–Trinajstić information content (AvgIpc) is 2.66. The van der Waals surface area contributed by atoms with Gasteiger partial charge in [0.2, 0.25) is 0 Å². The van der Waals surface area contributed by atoms with Gasteiger partial charge in [0.15, 0.2) is 0 Å². The zero-order valence-corrected chi connectivity index (χ0v) is 10.8. The largest absolute Gasteiger partial charge is 0.333 e. The van der Waals surface area contributed by atoms with Gasteiger partial charge in [0.05, 0.1) is 12.1 Å². The highest BCUT2D eigenvalue weighted by Gasteiger charge is 2.42. The van der Waals surface area contributed by atoms with E-state index in [2.05, 4.69) is 5.32 Å². The van der Waals surface area contributed by atoms with Crippen LogP contribution < -0.4 is 5.32 Å². The molecule has 3 atom stereocenters. The lowest BCUT2D eigenvalue weighted by molar-refractivity contribution is 0.144. The van der Waals surface area contributed by atoms with E-state index < -0.39 is 0 Å². The lowest BCUT2D eigenvalue weighted by atomic mass is 9.71. The Bertz CT molecular complexity index is 299. The predicted octanol–water partition coefficient (Wildman–Crippen LogP) is 2.76. The van der Waals surface area contributed by atoms with Crippen LogP contribution in [0.3, 0.4) is 0 Å². The fourth-order valence-corrected chi connectivity index (χ4v) is 4.25. The molecule has 0 radical (unpaired) electrons. The standard InChI is InChI=1S/C14H24N2O/c1-16-13-8-7-11(9-12(13)15-14(16)17)10-5-3-2-4-6-10/h10-13H,2-9H2,1H3,(H,15,17). The van der Waals surface area contributed by atoms with Crippen LogP contribution in [0.1, 0.15) is 51.4 Å². The Hall–Kier alpha value is -0.730. The first-order valence-electron chi connectivity index (χ1n) is 7.29. The van der Waals surface area contributed by atoms with Crippen molar-refractivity contribution in [3.05, 3.63) is 0 Å². The number of rotatable bonds is 1. The van der Waals surface area contributed by atoms with Crippen LogP contribution in [-0.4, -0.2) is 30.1 Å². The molecule has 1 aliphatic heterocycles. The van der Waals surface area contributed by atoms with E-state index in [1.54, 1.807) is 0 Å². The first kappa shape index (κ1) is 11.4. The molecule has 3 aliphatic rings. The van der Waals surface area contributed by atoms with Crippen molar-refractivity contribution in [2.75, 3.05) is 7.05 Å². The van der Waals surface area contributed by atoms with Crippen LogP contribution in [0.25, 0.3) is 0 Å². The Labute approximate surface area is 104 Å². The third-order valence-corrected chi connectivity index (χ3v) is 5.30.